The zero-order chi connectivity index (χ0) is 13.0. The molecule has 17 heavy (non-hydrogen) atoms. The lowest BCUT2D eigenvalue weighted by atomic mass is 10.1. The smallest absolute Gasteiger partial charge is 0.195 e. The zero-order valence-corrected chi connectivity index (χ0v) is 13.3. The number of aryl methyl sites for hydroxylation is 1. The summed E-state index contributed by atoms with van der Waals surface area (Å²) in [4.78, 5) is 8.68. The van der Waals surface area contributed by atoms with E-state index in [2.05, 4.69) is 52.7 Å². The van der Waals surface area contributed by atoms with Gasteiger partial charge in [0.25, 0.3) is 0 Å². The second kappa shape index (κ2) is 6.23. The summed E-state index contributed by atoms with van der Waals surface area (Å²) >= 11 is 2.35. The third-order valence-electron chi connectivity index (χ3n) is 2.43. The van der Waals surface area contributed by atoms with Crippen LogP contribution in [-0.2, 0) is 6.54 Å². The summed E-state index contributed by atoms with van der Waals surface area (Å²) < 4.78 is 1.30. The second-order valence-electron chi connectivity index (χ2n) is 4.49. The molecule has 0 fully saturated rings. The Bertz CT molecular complexity index is 401. The van der Waals surface area contributed by atoms with Crippen LogP contribution in [0.3, 0.4) is 0 Å². The van der Waals surface area contributed by atoms with Crippen LogP contribution >= 0.6 is 22.6 Å². The summed E-state index contributed by atoms with van der Waals surface area (Å²) in [6.45, 7) is 2.86. The second-order valence-corrected chi connectivity index (χ2v) is 5.65. The highest BCUT2D eigenvalue weighted by atomic mass is 127. The van der Waals surface area contributed by atoms with Crippen molar-refractivity contribution >= 4 is 28.6 Å². The number of aliphatic imine (C=N–C) groups is 1. The fraction of sp³-hybridized carbons (Fsp3) is 0.462. The molecular formula is C13H20IN3. The molecule has 0 saturated heterocycles. The van der Waals surface area contributed by atoms with Gasteiger partial charge in [0.15, 0.2) is 5.96 Å². The molecule has 1 aromatic carbocycles. The first-order valence-electron chi connectivity index (χ1n) is 5.56. The third kappa shape index (κ3) is 4.18. The van der Waals surface area contributed by atoms with Gasteiger partial charge < -0.3 is 9.80 Å². The molecule has 0 bridgehead atoms. The maximum atomic E-state index is 4.63. The lowest BCUT2D eigenvalue weighted by Gasteiger charge is -2.22. The quantitative estimate of drug-likeness (QED) is 0.466. The summed E-state index contributed by atoms with van der Waals surface area (Å²) in [5, 5.41) is 0. The van der Waals surface area contributed by atoms with Crippen molar-refractivity contribution < 1.29 is 0 Å². The molecule has 0 saturated carbocycles. The summed E-state index contributed by atoms with van der Waals surface area (Å²) in [7, 11) is 8.05. The van der Waals surface area contributed by atoms with Crippen molar-refractivity contribution in [3.63, 3.8) is 0 Å². The molecule has 0 aromatic heterocycles. The first kappa shape index (κ1) is 14.3. The number of nitrogens with zero attached hydrogens (tertiary/aromatic N) is 3. The maximum absolute atomic E-state index is 4.63. The van der Waals surface area contributed by atoms with Crippen LogP contribution in [0, 0.1) is 10.5 Å². The molecule has 0 amide bonds. The minimum absolute atomic E-state index is 0.726. The van der Waals surface area contributed by atoms with Crippen molar-refractivity contribution in [2.45, 2.75) is 13.5 Å². The summed E-state index contributed by atoms with van der Waals surface area (Å²) in [6.07, 6.45) is 0. The van der Waals surface area contributed by atoms with Gasteiger partial charge in [-0.05, 0) is 46.7 Å². The summed E-state index contributed by atoms with van der Waals surface area (Å²) in [5.74, 6) is 0.987. The minimum atomic E-state index is 0.726. The van der Waals surface area contributed by atoms with Gasteiger partial charge in [-0.1, -0.05) is 12.1 Å². The van der Waals surface area contributed by atoms with E-state index >= 15 is 0 Å². The standard InChI is InChI=1S/C13H20IN3/c1-10-8-11(6-7-12(10)14)9-15-13(16(2)3)17(4)5/h6-8H,9H2,1-5H3. The first-order chi connectivity index (χ1) is 7.91. The molecule has 0 N–H and O–H groups in total. The molecule has 0 aliphatic heterocycles. The average molecular weight is 345 g/mol. The molecule has 0 aliphatic rings. The van der Waals surface area contributed by atoms with E-state index < -0.39 is 0 Å². The Morgan fingerprint density at radius 2 is 1.76 bits per heavy atom. The molecule has 0 spiro atoms. The molecular weight excluding hydrogens is 325 g/mol. The number of guanidine groups is 1. The number of benzene rings is 1. The highest BCUT2D eigenvalue weighted by Gasteiger charge is 2.04. The lowest BCUT2D eigenvalue weighted by Crippen LogP contribution is -2.35. The Labute approximate surface area is 118 Å². The van der Waals surface area contributed by atoms with E-state index in [9.17, 15) is 0 Å². The van der Waals surface area contributed by atoms with Crippen LogP contribution in [-0.4, -0.2) is 44.0 Å². The van der Waals surface area contributed by atoms with Crippen LogP contribution in [0.4, 0.5) is 0 Å². The van der Waals surface area contributed by atoms with Gasteiger partial charge >= 0.3 is 0 Å². The molecule has 94 valence electrons. The SMILES string of the molecule is Cc1cc(CN=C(N(C)C)N(C)C)ccc1I. The van der Waals surface area contributed by atoms with Crippen molar-refractivity contribution in [2.75, 3.05) is 28.2 Å². The van der Waals surface area contributed by atoms with E-state index in [-0.39, 0.29) is 0 Å². The van der Waals surface area contributed by atoms with E-state index in [1.807, 2.05) is 38.0 Å². The van der Waals surface area contributed by atoms with Gasteiger partial charge in [0.1, 0.15) is 0 Å². The van der Waals surface area contributed by atoms with Crippen molar-refractivity contribution in [1.82, 2.24) is 9.80 Å². The van der Waals surface area contributed by atoms with Gasteiger partial charge in [-0.3, -0.25) is 0 Å². The maximum Gasteiger partial charge on any atom is 0.195 e. The normalized spacial score (nSPS) is 10.0. The molecule has 0 aliphatic carbocycles. The summed E-state index contributed by atoms with van der Waals surface area (Å²) in [6, 6.07) is 6.49. The number of rotatable bonds is 2. The van der Waals surface area contributed by atoms with E-state index in [4.69, 9.17) is 0 Å². The predicted octanol–water partition coefficient (Wildman–Crippen LogP) is 2.58. The Hall–Kier alpha value is -0.780. The largest absolute Gasteiger partial charge is 0.349 e. The first-order valence-corrected chi connectivity index (χ1v) is 6.64. The van der Waals surface area contributed by atoms with Gasteiger partial charge in [0, 0.05) is 31.8 Å². The highest BCUT2D eigenvalue weighted by Crippen LogP contribution is 2.14. The fourth-order valence-electron chi connectivity index (χ4n) is 1.65. The number of hydrogen-bond donors (Lipinski definition) is 0. The van der Waals surface area contributed by atoms with E-state index in [1.54, 1.807) is 0 Å². The van der Waals surface area contributed by atoms with Crippen molar-refractivity contribution in [1.29, 1.82) is 0 Å². The highest BCUT2D eigenvalue weighted by molar-refractivity contribution is 14.1. The lowest BCUT2D eigenvalue weighted by molar-refractivity contribution is 0.479. The summed E-state index contributed by atoms with van der Waals surface area (Å²) in [5.41, 5.74) is 2.57. The van der Waals surface area contributed by atoms with Crippen LogP contribution in [0.25, 0.3) is 0 Å². The predicted molar refractivity (Wildman–Crippen MR) is 82.4 cm³/mol. The van der Waals surface area contributed by atoms with Gasteiger partial charge in [-0.25, -0.2) is 4.99 Å². The van der Waals surface area contributed by atoms with Gasteiger partial charge in [-0.15, -0.1) is 0 Å². The molecule has 0 atom stereocenters. The van der Waals surface area contributed by atoms with Crippen LogP contribution < -0.4 is 0 Å². The molecule has 1 rings (SSSR count). The topological polar surface area (TPSA) is 18.8 Å². The Morgan fingerprint density at radius 3 is 2.24 bits per heavy atom. The van der Waals surface area contributed by atoms with Crippen molar-refractivity contribution in [3.05, 3.63) is 32.9 Å². The van der Waals surface area contributed by atoms with Crippen LogP contribution in [0.15, 0.2) is 23.2 Å². The monoisotopic (exact) mass is 345 g/mol. The van der Waals surface area contributed by atoms with E-state index in [0.717, 1.165) is 12.5 Å². The van der Waals surface area contributed by atoms with Crippen LogP contribution in [0.5, 0.6) is 0 Å². The third-order valence-corrected chi connectivity index (χ3v) is 3.64. The fourth-order valence-corrected chi connectivity index (χ4v) is 1.99. The molecule has 4 heteroatoms. The average Bonchev–Trinajstić information content (AvgIpc) is 2.22. The molecule has 0 heterocycles. The van der Waals surface area contributed by atoms with E-state index in [1.165, 1.54) is 14.7 Å². The molecule has 3 nitrogen and oxygen atoms in total. The van der Waals surface area contributed by atoms with Gasteiger partial charge in [0.2, 0.25) is 0 Å². The van der Waals surface area contributed by atoms with Crippen LogP contribution in [0.1, 0.15) is 11.1 Å². The number of halogens is 1. The molecule has 0 radical (unpaired) electrons. The van der Waals surface area contributed by atoms with Gasteiger partial charge in [-0.2, -0.15) is 0 Å². The van der Waals surface area contributed by atoms with Crippen molar-refractivity contribution in [2.24, 2.45) is 4.99 Å². The molecule has 1 aromatic rings. The number of hydrogen-bond acceptors (Lipinski definition) is 1. The van der Waals surface area contributed by atoms with Gasteiger partial charge in [0.05, 0.1) is 6.54 Å². The van der Waals surface area contributed by atoms with E-state index in [0.29, 0.717) is 0 Å². The Kier molecular flexibility index (Phi) is 5.24. The van der Waals surface area contributed by atoms with Crippen LogP contribution in [0.2, 0.25) is 0 Å². The Balaban J connectivity index is 2.83. The Morgan fingerprint density at radius 1 is 1.18 bits per heavy atom. The zero-order valence-electron chi connectivity index (χ0n) is 11.2. The van der Waals surface area contributed by atoms with Crippen molar-refractivity contribution in [3.8, 4) is 0 Å². The minimum Gasteiger partial charge on any atom is -0.349 e. The molecule has 0 unspecified atom stereocenters.